The van der Waals surface area contributed by atoms with Crippen LogP contribution in [0.5, 0.6) is 0 Å². The maximum atomic E-state index is 2.71. The third kappa shape index (κ3) is 7.61. The lowest BCUT2D eigenvalue weighted by Crippen LogP contribution is -2.66. The lowest BCUT2D eigenvalue weighted by atomic mass is 9.29. The van der Waals surface area contributed by atoms with Crippen molar-refractivity contribution in [3.8, 4) is 44.8 Å². The fraction of sp³-hybridized carbons (Fsp3) is 0.103. The van der Waals surface area contributed by atoms with Crippen LogP contribution in [0.15, 0.2) is 231 Å². The van der Waals surface area contributed by atoms with Gasteiger partial charge in [0.05, 0.1) is 28.1 Å². The van der Waals surface area contributed by atoms with Crippen molar-refractivity contribution in [2.45, 2.75) is 41.5 Å². The van der Waals surface area contributed by atoms with Crippen molar-refractivity contribution in [2.75, 3.05) is 36.6 Å². The molecule has 13 aromatic carbocycles. The van der Waals surface area contributed by atoms with E-state index in [0.717, 1.165) is 5.69 Å². The fourth-order valence-electron chi connectivity index (χ4n) is 19.4. The Hall–Kier alpha value is -10.1. The molecule has 6 aliphatic rings. The Labute approximate surface area is 591 Å². The van der Waals surface area contributed by atoms with Gasteiger partial charge < -0.3 is 14.0 Å². The first-order chi connectivity index (χ1) is 48.5. The second-order valence-corrected chi connectivity index (χ2v) is 30.3. The van der Waals surface area contributed by atoms with E-state index in [4.69, 9.17) is 0 Å². The molecule has 0 saturated heterocycles. The number of hydrogen-bond donors (Lipinski definition) is 0. The first-order valence-electron chi connectivity index (χ1n) is 34.5. The highest BCUT2D eigenvalue weighted by atomic mass is 32.2. The molecule has 0 saturated carbocycles. The van der Waals surface area contributed by atoms with Crippen molar-refractivity contribution in [3.05, 3.63) is 264 Å². The van der Waals surface area contributed by atoms with Gasteiger partial charge >= 0.3 is 0 Å². The molecule has 6 aliphatic heterocycles. The molecule has 2 aromatic heterocycles. The Balaban J connectivity index is 0.883. The van der Waals surface area contributed by atoms with Crippen molar-refractivity contribution in [2.24, 2.45) is 0 Å². The minimum absolute atomic E-state index is 0.0623. The summed E-state index contributed by atoms with van der Waals surface area (Å²) in [7, 11) is 0. The normalized spacial score (nSPS) is 13.9. The molecule has 8 heterocycles. The first-order valence-corrected chi connectivity index (χ1v) is 38.1. The molecule has 0 spiro atoms. The molecule has 470 valence electrons. The van der Waals surface area contributed by atoms with Gasteiger partial charge in [0.2, 0.25) is 0 Å². The van der Waals surface area contributed by atoms with Gasteiger partial charge in [-0.15, -0.1) is 0 Å². The predicted molar refractivity (Wildman–Crippen MR) is 435 cm³/mol. The monoisotopic (exact) mass is 1320 g/mol. The molecule has 12 heteroatoms. The molecule has 0 fully saturated rings. The van der Waals surface area contributed by atoms with E-state index in [1.807, 2.05) is 35.8 Å². The van der Waals surface area contributed by atoms with Gasteiger partial charge in [-0.3, -0.25) is 12.9 Å². The molecular formula is C87H65B3N6S3. The third-order valence-electron chi connectivity index (χ3n) is 23.1. The standard InChI is InChI=1S/C87H65B3N6S3/c1-48-22-17-23-49(2)80(48)54-38-74-83-75(39-54)92-68-36-15-13-30-58(68)60-32-20-34-62(86(60)92)88(83)64-44-66-71(46-70(64)91(74)57-28-11-10-12-29-57)94(97-7)78-42-56(82-52(5)26-19-27-53(82)6)43-79-85(78)90(66)67-45-65-72(47-73(67)96(79)99-9)95(98-8)77-41-55(81-50(3)24-18-25-51(81)4)40-76-84(77)89(65)63-35-21-33-61-59-31-14-16-37-69(59)93(76)87(61)63/h10-47H,1-9H3. The summed E-state index contributed by atoms with van der Waals surface area (Å²) in [6.45, 7) is 13.4. The SMILES string of the molecule is CSN1c2cc3c(cc2B2c4cc5c(cc4N(SC)c4cc(-c6c(C)cccc6C)cc1c42)N(c1ccccc1)c1cc(-c2c(C)cccc2C)cc2c1B5c1cccc4c5ccccc5n-2c14)B1c2c(cc(-c4c(C)cccc4C)cc2-n2c4ccccc4c4cccc1c42)N3SC. The summed E-state index contributed by atoms with van der Waals surface area (Å²) < 4.78 is 13.0. The molecular weight excluding hydrogens is 1260 g/mol. The van der Waals surface area contributed by atoms with Crippen molar-refractivity contribution in [3.63, 3.8) is 0 Å². The zero-order valence-electron chi connectivity index (χ0n) is 56.6. The molecule has 0 N–H and O–H groups in total. The van der Waals surface area contributed by atoms with Crippen LogP contribution in [0.3, 0.4) is 0 Å². The van der Waals surface area contributed by atoms with E-state index < -0.39 is 0 Å². The zero-order chi connectivity index (χ0) is 66.3. The summed E-state index contributed by atoms with van der Waals surface area (Å²) >= 11 is 5.47. The van der Waals surface area contributed by atoms with Gasteiger partial charge in [-0.05, 0) is 266 Å². The number of benzene rings is 13. The zero-order valence-corrected chi connectivity index (χ0v) is 59.0. The summed E-state index contributed by atoms with van der Waals surface area (Å²) in [6.07, 6.45) is 6.85. The van der Waals surface area contributed by atoms with Crippen LogP contribution >= 0.6 is 35.8 Å². The van der Waals surface area contributed by atoms with Gasteiger partial charge in [0.25, 0.3) is 20.1 Å². The van der Waals surface area contributed by atoms with Gasteiger partial charge in [0, 0.05) is 96.8 Å². The molecule has 0 unspecified atom stereocenters. The number of anilines is 9. The third-order valence-corrected chi connectivity index (χ3v) is 25.4. The highest BCUT2D eigenvalue weighted by molar-refractivity contribution is 8.01. The average molecular weight is 1320 g/mol. The first kappa shape index (κ1) is 57.9. The topological polar surface area (TPSA) is 22.8 Å². The Kier molecular flexibility index (Phi) is 12.3. The Morgan fingerprint density at radius 1 is 0.263 bits per heavy atom. The Morgan fingerprint density at radius 3 is 1.01 bits per heavy atom. The van der Waals surface area contributed by atoms with E-state index >= 15 is 0 Å². The molecule has 0 amide bonds. The predicted octanol–water partition coefficient (Wildman–Crippen LogP) is 16.9. The van der Waals surface area contributed by atoms with E-state index in [-0.39, 0.29) is 20.1 Å². The lowest BCUT2D eigenvalue weighted by molar-refractivity contribution is 1.18. The number of rotatable bonds is 7. The van der Waals surface area contributed by atoms with Crippen molar-refractivity contribution >= 4 is 200 Å². The number of hydrogen-bond acceptors (Lipinski definition) is 7. The lowest BCUT2D eigenvalue weighted by Gasteiger charge is -2.46. The summed E-state index contributed by atoms with van der Waals surface area (Å²) in [4.78, 5) is 2.63. The summed E-state index contributed by atoms with van der Waals surface area (Å²) in [5, 5.41) is 5.14. The van der Waals surface area contributed by atoms with Crippen LogP contribution in [0.1, 0.15) is 33.4 Å². The molecule has 6 nitrogen and oxygen atoms in total. The summed E-state index contributed by atoms with van der Waals surface area (Å²) in [5.74, 6) is 0. The molecule has 0 atom stereocenters. The number of aryl methyl sites for hydroxylation is 6. The van der Waals surface area contributed by atoms with Gasteiger partial charge in [0.1, 0.15) is 0 Å². The Bertz CT molecular complexity index is 6110. The van der Waals surface area contributed by atoms with E-state index in [0.29, 0.717) is 0 Å². The van der Waals surface area contributed by atoms with Crippen molar-refractivity contribution in [1.82, 2.24) is 9.13 Å². The van der Waals surface area contributed by atoms with E-state index in [1.165, 1.54) is 216 Å². The van der Waals surface area contributed by atoms with Crippen LogP contribution in [0, 0.1) is 41.5 Å². The van der Waals surface area contributed by atoms with Gasteiger partial charge in [-0.2, -0.15) is 0 Å². The van der Waals surface area contributed by atoms with Crippen LogP contribution in [0.4, 0.5) is 51.2 Å². The minimum atomic E-state index is -0.154. The van der Waals surface area contributed by atoms with Gasteiger partial charge in [0.15, 0.2) is 0 Å². The van der Waals surface area contributed by atoms with Crippen molar-refractivity contribution < 1.29 is 0 Å². The molecule has 0 aliphatic carbocycles. The molecule has 15 aromatic rings. The van der Waals surface area contributed by atoms with Crippen LogP contribution in [0.2, 0.25) is 0 Å². The summed E-state index contributed by atoms with van der Waals surface area (Å²) in [5.41, 5.74) is 45.8. The van der Waals surface area contributed by atoms with E-state index in [2.05, 4.69) is 318 Å². The molecule has 21 rings (SSSR count). The van der Waals surface area contributed by atoms with E-state index in [9.17, 15) is 0 Å². The van der Waals surface area contributed by atoms with Gasteiger partial charge in [-0.25, -0.2) is 0 Å². The van der Waals surface area contributed by atoms with Crippen LogP contribution < -0.4 is 67.0 Å². The molecule has 0 bridgehead atoms. The highest BCUT2D eigenvalue weighted by Crippen LogP contribution is 2.52. The van der Waals surface area contributed by atoms with E-state index in [1.54, 1.807) is 0 Å². The van der Waals surface area contributed by atoms with Crippen LogP contribution in [-0.2, 0) is 0 Å². The maximum Gasteiger partial charge on any atom is 0.252 e. The smallest absolute Gasteiger partial charge is 0.252 e. The van der Waals surface area contributed by atoms with Crippen LogP contribution in [0.25, 0.3) is 88.4 Å². The highest BCUT2D eigenvalue weighted by Gasteiger charge is 2.50. The number of fused-ring (bicyclic) bond motifs is 18. The maximum absolute atomic E-state index is 2.71. The average Bonchev–Trinajstić information content (AvgIpc) is 1.68. The minimum Gasteiger partial charge on any atom is -0.311 e. The second kappa shape index (κ2) is 21.0. The number of para-hydroxylation sites is 5. The molecule has 99 heavy (non-hydrogen) atoms. The number of nitrogens with zero attached hydrogens (tertiary/aromatic N) is 6. The Morgan fingerprint density at radius 2 is 0.586 bits per heavy atom. The number of aromatic nitrogens is 2. The van der Waals surface area contributed by atoms with Crippen LogP contribution in [-0.4, -0.2) is 48.0 Å². The summed E-state index contributed by atoms with van der Waals surface area (Å²) in [6, 6.07) is 89.9. The second-order valence-electron chi connectivity index (χ2n) is 28.1. The van der Waals surface area contributed by atoms with Gasteiger partial charge in [-0.1, -0.05) is 158 Å². The van der Waals surface area contributed by atoms with Crippen molar-refractivity contribution in [1.29, 1.82) is 0 Å². The molecule has 0 radical (unpaired) electrons. The largest absolute Gasteiger partial charge is 0.311 e. The fourth-order valence-corrected chi connectivity index (χ4v) is 21.5. The quantitative estimate of drug-likeness (QED) is 0.116.